The second kappa shape index (κ2) is 9.30. The third-order valence-electron chi connectivity index (χ3n) is 11.6. The van der Waals surface area contributed by atoms with Crippen molar-refractivity contribution in [3.63, 3.8) is 0 Å². The molecule has 0 amide bonds. The van der Waals surface area contributed by atoms with E-state index in [0.717, 1.165) is 62.0 Å². The Balaban J connectivity index is 1.07. The minimum Gasteiger partial charge on any atom is -0.462 e. The third-order valence-corrected chi connectivity index (χ3v) is 12.4. The zero-order chi connectivity index (χ0) is 27.0. The maximum atomic E-state index is 13.2. The number of hydrogen-bond acceptors (Lipinski definition) is 6. The lowest BCUT2D eigenvalue weighted by molar-refractivity contribution is -0.0925. The van der Waals surface area contributed by atoms with Crippen molar-refractivity contribution in [3.8, 4) is 0 Å². The van der Waals surface area contributed by atoms with Crippen LogP contribution in [-0.2, 0) is 19.6 Å². The van der Waals surface area contributed by atoms with Crippen LogP contribution in [0.25, 0.3) is 0 Å². The van der Waals surface area contributed by atoms with Crippen molar-refractivity contribution >= 4 is 22.1 Å². The summed E-state index contributed by atoms with van der Waals surface area (Å²) in [6, 6.07) is 3.55. The van der Waals surface area contributed by atoms with Crippen molar-refractivity contribution in [1.29, 1.82) is 0 Å². The summed E-state index contributed by atoms with van der Waals surface area (Å²) in [5, 5.41) is 0. The molecule has 7 nitrogen and oxygen atoms in total. The van der Waals surface area contributed by atoms with Crippen LogP contribution < -0.4 is 0 Å². The molecule has 7 bridgehead atoms. The topological polar surface area (TPSA) is 107 Å². The highest BCUT2D eigenvalue weighted by Gasteiger charge is 2.53. The van der Waals surface area contributed by atoms with Gasteiger partial charge in [0.25, 0.3) is 10.1 Å². The molecule has 7 aliphatic rings. The van der Waals surface area contributed by atoms with Gasteiger partial charge in [-0.1, -0.05) is 12.8 Å². The van der Waals surface area contributed by atoms with E-state index in [0.29, 0.717) is 31.0 Å². The summed E-state index contributed by atoms with van der Waals surface area (Å²) in [5.74, 6) is 2.82. The van der Waals surface area contributed by atoms with Gasteiger partial charge in [0.15, 0.2) is 0 Å². The first kappa shape index (κ1) is 26.0. The van der Waals surface area contributed by atoms with Crippen LogP contribution in [0.3, 0.4) is 0 Å². The van der Waals surface area contributed by atoms with Crippen molar-refractivity contribution < 1.29 is 32.0 Å². The van der Waals surface area contributed by atoms with Gasteiger partial charge < -0.3 is 9.47 Å². The Morgan fingerprint density at radius 3 is 1.72 bits per heavy atom. The number of ether oxygens (including phenoxy) is 2. The van der Waals surface area contributed by atoms with Gasteiger partial charge in [-0.2, -0.15) is 8.42 Å². The van der Waals surface area contributed by atoms with E-state index < -0.39 is 27.0 Å². The summed E-state index contributed by atoms with van der Waals surface area (Å²) in [6.07, 6.45) is 15.5. The van der Waals surface area contributed by atoms with Crippen LogP contribution in [0.15, 0.2) is 23.1 Å². The van der Waals surface area contributed by atoms with Crippen LogP contribution in [-0.4, -0.2) is 38.1 Å². The van der Waals surface area contributed by atoms with Gasteiger partial charge in [0.1, 0.15) is 0 Å². The highest BCUT2D eigenvalue weighted by Crippen LogP contribution is 2.61. The number of carbonyl (C=O) groups excluding carboxylic acids is 2. The summed E-state index contributed by atoms with van der Waals surface area (Å²) in [6.45, 7) is 0.642. The number of hydrogen-bond donors (Lipinski definition) is 1. The maximum Gasteiger partial charge on any atom is 0.338 e. The average molecular weight is 557 g/mol. The number of benzene rings is 1. The molecule has 0 aliphatic heterocycles. The molecule has 212 valence electrons. The Hall–Kier alpha value is -1.93. The quantitative estimate of drug-likeness (QED) is 0.321. The summed E-state index contributed by atoms with van der Waals surface area (Å²) in [4.78, 5) is 25.9. The Morgan fingerprint density at radius 2 is 1.21 bits per heavy atom. The van der Waals surface area contributed by atoms with E-state index in [2.05, 4.69) is 0 Å². The smallest absolute Gasteiger partial charge is 0.338 e. The zero-order valence-electron chi connectivity index (χ0n) is 22.6. The predicted octanol–water partition coefficient (Wildman–Crippen LogP) is 6.07. The van der Waals surface area contributed by atoms with E-state index in [1.165, 1.54) is 57.4 Å². The molecule has 0 radical (unpaired) electrons. The van der Waals surface area contributed by atoms with Crippen LogP contribution in [0.2, 0.25) is 0 Å². The van der Waals surface area contributed by atoms with E-state index in [1.54, 1.807) is 0 Å². The van der Waals surface area contributed by atoms with Crippen molar-refractivity contribution in [1.82, 2.24) is 0 Å². The molecule has 1 aromatic carbocycles. The Kier molecular flexibility index (Phi) is 6.20. The van der Waals surface area contributed by atoms with Crippen LogP contribution in [0, 0.1) is 46.3 Å². The summed E-state index contributed by atoms with van der Waals surface area (Å²) in [5.41, 5.74) is -0.0605. The summed E-state index contributed by atoms with van der Waals surface area (Å²) in [7, 11) is -4.64. The molecule has 2 atom stereocenters. The van der Waals surface area contributed by atoms with E-state index in [4.69, 9.17) is 9.47 Å². The molecule has 7 saturated carbocycles. The van der Waals surface area contributed by atoms with Gasteiger partial charge in [0, 0.05) is 10.8 Å². The van der Waals surface area contributed by atoms with E-state index in [-0.39, 0.29) is 22.0 Å². The minimum absolute atomic E-state index is 0.0139. The predicted molar refractivity (Wildman–Crippen MR) is 143 cm³/mol. The lowest BCUT2D eigenvalue weighted by Crippen LogP contribution is -2.49. The van der Waals surface area contributed by atoms with Gasteiger partial charge >= 0.3 is 11.9 Å². The second-order valence-corrected chi connectivity index (χ2v) is 15.8. The van der Waals surface area contributed by atoms with Gasteiger partial charge in [-0.05, 0) is 124 Å². The van der Waals surface area contributed by atoms with Gasteiger partial charge in [0.2, 0.25) is 0 Å². The van der Waals surface area contributed by atoms with Gasteiger partial charge in [-0.3, -0.25) is 4.55 Å². The Bertz CT molecular complexity index is 1230. The molecule has 0 saturated heterocycles. The van der Waals surface area contributed by atoms with Gasteiger partial charge in [-0.15, -0.1) is 0 Å². The van der Waals surface area contributed by atoms with E-state index in [9.17, 15) is 22.6 Å². The number of rotatable bonds is 7. The molecule has 0 heterocycles. The first-order valence-corrected chi connectivity index (χ1v) is 16.5. The molecule has 8 heteroatoms. The lowest BCUT2D eigenvalue weighted by Gasteiger charge is -2.56. The molecule has 0 spiro atoms. The number of esters is 2. The van der Waals surface area contributed by atoms with Gasteiger partial charge in [-0.25, -0.2) is 9.59 Å². The molecule has 2 unspecified atom stereocenters. The fourth-order valence-corrected chi connectivity index (χ4v) is 11.1. The van der Waals surface area contributed by atoms with Crippen molar-refractivity contribution in [2.45, 2.75) is 88.4 Å². The second-order valence-electron chi connectivity index (χ2n) is 14.4. The SMILES string of the molecule is O=C(OCC12CC3CC(CC(C3)C1)C2)c1cc(C(=O)OCC23CC4CCC2CCC(C4)C3)cc(S(=O)(=O)O)c1. The van der Waals surface area contributed by atoms with Crippen LogP contribution in [0.1, 0.15) is 104 Å². The highest BCUT2D eigenvalue weighted by atomic mass is 32.2. The average Bonchev–Trinajstić information content (AvgIpc) is 2.88. The Labute approximate surface area is 231 Å². The van der Waals surface area contributed by atoms with Crippen LogP contribution >= 0.6 is 0 Å². The number of fused-ring (bicyclic) bond motifs is 2. The van der Waals surface area contributed by atoms with Gasteiger partial charge in [0.05, 0.1) is 29.2 Å². The van der Waals surface area contributed by atoms with Crippen molar-refractivity contribution in [3.05, 3.63) is 29.3 Å². The molecule has 1 N–H and O–H groups in total. The number of carbonyl (C=O) groups is 2. The zero-order valence-corrected chi connectivity index (χ0v) is 23.4. The third kappa shape index (κ3) is 4.83. The van der Waals surface area contributed by atoms with Crippen LogP contribution in [0.4, 0.5) is 0 Å². The molecule has 8 rings (SSSR count). The van der Waals surface area contributed by atoms with Crippen LogP contribution in [0.5, 0.6) is 0 Å². The lowest BCUT2D eigenvalue weighted by atomic mass is 9.50. The molecular weight excluding hydrogens is 516 g/mol. The first-order valence-electron chi connectivity index (χ1n) is 15.0. The largest absolute Gasteiger partial charge is 0.462 e. The Morgan fingerprint density at radius 1 is 0.718 bits per heavy atom. The van der Waals surface area contributed by atoms with E-state index in [1.807, 2.05) is 0 Å². The summed E-state index contributed by atoms with van der Waals surface area (Å²) < 4.78 is 45.5. The molecular formula is C31H40O7S. The van der Waals surface area contributed by atoms with Crippen molar-refractivity contribution in [2.75, 3.05) is 13.2 Å². The summed E-state index contributed by atoms with van der Waals surface area (Å²) >= 11 is 0. The van der Waals surface area contributed by atoms with Crippen molar-refractivity contribution in [2.24, 2.45) is 46.3 Å². The molecule has 39 heavy (non-hydrogen) atoms. The fraction of sp³-hybridized carbons (Fsp3) is 0.742. The molecule has 1 aromatic rings. The normalized spacial score (nSPS) is 39.9. The minimum atomic E-state index is -4.64. The first-order chi connectivity index (χ1) is 18.6. The fourth-order valence-electron chi connectivity index (χ4n) is 10.6. The standard InChI is InChI=1S/C31H40O7S/c32-28(37-17-30-12-21-6-22(13-30)8-23(7-21)14-30)24-9-25(11-27(10-24)39(34,35)36)29(33)38-18-31-15-19-1-3-26(31)4-2-20(5-19)16-31/h9-11,19-23,26H,1-8,12-18H2,(H,34,35,36). The maximum absolute atomic E-state index is 13.2. The molecule has 7 fully saturated rings. The highest BCUT2D eigenvalue weighted by molar-refractivity contribution is 7.85. The molecule has 0 aromatic heterocycles. The molecule has 7 aliphatic carbocycles. The monoisotopic (exact) mass is 556 g/mol. The van der Waals surface area contributed by atoms with E-state index >= 15 is 0 Å².